The van der Waals surface area contributed by atoms with Gasteiger partial charge in [0.05, 0.1) is 5.52 Å². The number of benzene rings is 1. The van der Waals surface area contributed by atoms with E-state index in [1.54, 1.807) is 15.9 Å². The quantitative estimate of drug-likeness (QED) is 0.740. The Balaban J connectivity index is 1.54. The molecule has 1 aliphatic heterocycles. The first-order valence-electron chi connectivity index (χ1n) is 7.67. The van der Waals surface area contributed by atoms with Gasteiger partial charge in [-0.3, -0.25) is 9.47 Å². The monoisotopic (exact) mass is 314 g/mol. The number of rotatable bonds is 4. The van der Waals surface area contributed by atoms with Crippen molar-refractivity contribution in [1.82, 2.24) is 9.47 Å². The first-order chi connectivity index (χ1) is 10.8. The van der Waals surface area contributed by atoms with Crippen molar-refractivity contribution >= 4 is 22.4 Å². The van der Waals surface area contributed by atoms with E-state index in [0.717, 1.165) is 18.6 Å². The molecule has 1 aliphatic rings. The van der Waals surface area contributed by atoms with Crippen LogP contribution in [0.15, 0.2) is 50.3 Å². The maximum atomic E-state index is 12.0. The van der Waals surface area contributed by atoms with Gasteiger partial charge in [0.2, 0.25) is 0 Å². The summed E-state index contributed by atoms with van der Waals surface area (Å²) in [6.07, 6.45) is 2.43. The topological polar surface area (TPSA) is 38.4 Å². The SMILES string of the molecule is O=c1oc2ccccc2n1CCN1CCC[C@@H]1c1ccsc1. The van der Waals surface area contributed by atoms with Gasteiger partial charge in [0.1, 0.15) is 0 Å². The van der Waals surface area contributed by atoms with Crippen molar-refractivity contribution in [3.05, 3.63) is 57.2 Å². The van der Waals surface area contributed by atoms with Crippen LogP contribution >= 0.6 is 11.3 Å². The van der Waals surface area contributed by atoms with Gasteiger partial charge < -0.3 is 4.42 Å². The predicted octanol–water partition coefficient (Wildman–Crippen LogP) is 3.49. The maximum Gasteiger partial charge on any atom is 0.419 e. The molecule has 1 saturated heterocycles. The van der Waals surface area contributed by atoms with E-state index in [1.807, 2.05) is 24.3 Å². The second-order valence-corrected chi connectivity index (χ2v) is 6.52. The lowest BCUT2D eigenvalue weighted by atomic mass is 10.1. The summed E-state index contributed by atoms with van der Waals surface area (Å²) in [6, 6.07) is 10.3. The van der Waals surface area contributed by atoms with E-state index in [2.05, 4.69) is 21.7 Å². The van der Waals surface area contributed by atoms with Gasteiger partial charge >= 0.3 is 5.76 Å². The molecule has 0 saturated carbocycles. The van der Waals surface area contributed by atoms with E-state index in [4.69, 9.17) is 4.42 Å². The highest BCUT2D eigenvalue weighted by atomic mass is 32.1. The van der Waals surface area contributed by atoms with E-state index in [1.165, 1.54) is 18.4 Å². The van der Waals surface area contributed by atoms with Crippen LogP contribution in [0.5, 0.6) is 0 Å². The largest absolute Gasteiger partial charge is 0.419 e. The van der Waals surface area contributed by atoms with Crippen molar-refractivity contribution in [2.75, 3.05) is 13.1 Å². The third kappa shape index (κ3) is 2.40. The van der Waals surface area contributed by atoms with Gasteiger partial charge in [-0.25, -0.2) is 4.79 Å². The molecule has 0 radical (unpaired) electrons. The molecule has 1 fully saturated rings. The van der Waals surface area contributed by atoms with Crippen molar-refractivity contribution in [2.24, 2.45) is 0 Å². The number of nitrogens with zero attached hydrogens (tertiary/aromatic N) is 2. The highest BCUT2D eigenvalue weighted by molar-refractivity contribution is 7.07. The predicted molar refractivity (Wildman–Crippen MR) is 88.3 cm³/mol. The molecule has 2 aromatic heterocycles. The Kier molecular flexibility index (Phi) is 3.60. The minimum atomic E-state index is -0.257. The van der Waals surface area contributed by atoms with Crippen LogP contribution in [-0.2, 0) is 6.54 Å². The number of thiophene rings is 1. The summed E-state index contributed by atoms with van der Waals surface area (Å²) in [7, 11) is 0. The molecule has 1 atom stereocenters. The van der Waals surface area contributed by atoms with Gasteiger partial charge in [-0.15, -0.1) is 0 Å². The first-order valence-corrected chi connectivity index (χ1v) is 8.62. The van der Waals surface area contributed by atoms with Crippen molar-refractivity contribution in [1.29, 1.82) is 0 Å². The number of likely N-dealkylation sites (tertiary alicyclic amines) is 1. The zero-order valence-corrected chi connectivity index (χ0v) is 13.1. The Hall–Kier alpha value is -1.85. The van der Waals surface area contributed by atoms with Crippen molar-refractivity contribution in [2.45, 2.75) is 25.4 Å². The van der Waals surface area contributed by atoms with Gasteiger partial charge in [0, 0.05) is 19.1 Å². The second-order valence-electron chi connectivity index (χ2n) is 5.74. The molecular formula is C17H18N2O2S. The number of aromatic nitrogens is 1. The van der Waals surface area contributed by atoms with Gasteiger partial charge in [-0.05, 0) is 53.9 Å². The zero-order valence-electron chi connectivity index (χ0n) is 12.3. The number of hydrogen-bond donors (Lipinski definition) is 0. The smallest absolute Gasteiger partial charge is 0.408 e. The highest BCUT2D eigenvalue weighted by Gasteiger charge is 2.26. The average Bonchev–Trinajstić information content (AvgIpc) is 3.24. The average molecular weight is 314 g/mol. The molecule has 4 nitrogen and oxygen atoms in total. The molecule has 4 rings (SSSR count). The van der Waals surface area contributed by atoms with Crippen LogP contribution in [0.4, 0.5) is 0 Å². The Morgan fingerprint density at radius 2 is 2.14 bits per heavy atom. The lowest BCUT2D eigenvalue weighted by Crippen LogP contribution is -2.29. The molecule has 3 heterocycles. The van der Waals surface area contributed by atoms with E-state index < -0.39 is 0 Å². The van der Waals surface area contributed by atoms with Gasteiger partial charge in [-0.1, -0.05) is 12.1 Å². The van der Waals surface area contributed by atoms with Crippen molar-refractivity contribution in [3.63, 3.8) is 0 Å². The molecule has 1 aromatic carbocycles. The molecule has 0 unspecified atom stereocenters. The third-order valence-electron chi connectivity index (χ3n) is 4.48. The molecule has 5 heteroatoms. The summed E-state index contributed by atoms with van der Waals surface area (Å²) in [4.78, 5) is 14.5. The Morgan fingerprint density at radius 3 is 3.00 bits per heavy atom. The van der Waals surface area contributed by atoms with Crippen LogP contribution in [-0.4, -0.2) is 22.6 Å². The second kappa shape index (κ2) is 5.74. The summed E-state index contributed by atoms with van der Waals surface area (Å²) in [5.74, 6) is -0.257. The van der Waals surface area contributed by atoms with Gasteiger partial charge in [0.15, 0.2) is 5.58 Å². The van der Waals surface area contributed by atoms with Crippen LogP contribution in [0.1, 0.15) is 24.4 Å². The molecule has 114 valence electrons. The summed E-state index contributed by atoms with van der Waals surface area (Å²) in [5.41, 5.74) is 2.97. The molecule has 0 bridgehead atoms. The van der Waals surface area contributed by atoms with E-state index in [0.29, 0.717) is 18.2 Å². The van der Waals surface area contributed by atoms with E-state index in [9.17, 15) is 4.79 Å². The number of oxazole rings is 1. The molecular weight excluding hydrogens is 296 g/mol. The van der Waals surface area contributed by atoms with Crippen LogP contribution < -0.4 is 5.76 Å². The number of fused-ring (bicyclic) bond motifs is 1. The first kappa shape index (κ1) is 13.8. The molecule has 0 amide bonds. The summed E-state index contributed by atoms with van der Waals surface area (Å²) >= 11 is 1.75. The van der Waals surface area contributed by atoms with Crippen LogP contribution in [0, 0.1) is 0 Å². The zero-order chi connectivity index (χ0) is 14.9. The fourth-order valence-electron chi connectivity index (χ4n) is 3.39. The summed E-state index contributed by atoms with van der Waals surface area (Å²) in [6.45, 7) is 2.66. The highest BCUT2D eigenvalue weighted by Crippen LogP contribution is 2.32. The van der Waals surface area contributed by atoms with Crippen LogP contribution in [0.2, 0.25) is 0 Å². The molecule has 0 N–H and O–H groups in total. The fraction of sp³-hybridized carbons (Fsp3) is 0.353. The van der Waals surface area contributed by atoms with E-state index >= 15 is 0 Å². The Labute approximate surface area is 132 Å². The van der Waals surface area contributed by atoms with E-state index in [-0.39, 0.29) is 5.76 Å². The van der Waals surface area contributed by atoms with Gasteiger partial charge in [-0.2, -0.15) is 11.3 Å². The number of hydrogen-bond acceptors (Lipinski definition) is 4. The number of para-hydroxylation sites is 2. The molecule has 22 heavy (non-hydrogen) atoms. The summed E-state index contributed by atoms with van der Waals surface area (Å²) in [5, 5.41) is 4.38. The fourth-order valence-corrected chi connectivity index (χ4v) is 4.10. The molecule has 0 spiro atoms. The van der Waals surface area contributed by atoms with Crippen LogP contribution in [0.25, 0.3) is 11.1 Å². The third-order valence-corrected chi connectivity index (χ3v) is 5.18. The van der Waals surface area contributed by atoms with Crippen molar-refractivity contribution in [3.8, 4) is 0 Å². The maximum absolute atomic E-state index is 12.0. The van der Waals surface area contributed by atoms with Gasteiger partial charge in [0.25, 0.3) is 0 Å². The standard InChI is InChI=1S/C17H18N2O2S/c20-17-19(15-4-1-2-6-16(15)21-17)10-9-18-8-3-5-14(18)13-7-11-22-12-13/h1-2,4,6-7,11-12,14H,3,5,8-10H2/t14-/m1/s1. The van der Waals surface area contributed by atoms with Crippen LogP contribution in [0.3, 0.4) is 0 Å². The van der Waals surface area contributed by atoms with Crippen molar-refractivity contribution < 1.29 is 4.42 Å². The summed E-state index contributed by atoms with van der Waals surface area (Å²) < 4.78 is 7.05. The minimum absolute atomic E-state index is 0.257. The normalized spacial score (nSPS) is 19.2. The lowest BCUT2D eigenvalue weighted by Gasteiger charge is -2.23. The minimum Gasteiger partial charge on any atom is -0.408 e. The Bertz CT molecular complexity index is 819. The Morgan fingerprint density at radius 1 is 1.23 bits per heavy atom. The molecule has 3 aromatic rings. The molecule has 0 aliphatic carbocycles. The lowest BCUT2D eigenvalue weighted by molar-refractivity contribution is 0.245.